The molecule has 3 aromatic rings. The number of likely N-dealkylation sites (tertiary alicyclic amines) is 1. The highest BCUT2D eigenvalue weighted by Crippen LogP contribution is 2.38. The lowest BCUT2D eigenvalue weighted by atomic mass is 9.90. The van der Waals surface area contributed by atoms with Crippen LogP contribution in [-0.2, 0) is 6.18 Å². The monoisotopic (exact) mass is 424 g/mol. The molecule has 1 amide bonds. The first-order valence-electron chi connectivity index (χ1n) is 9.71. The molecule has 1 saturated heterocycles. The molecule has 8 heteroatoms. The fraction of sp³-hybridized carbons (Fsp3) is 0.261. The van der Waals surface area contributed by atoms with Crippen molar-refractivity contribution in [2.75, 3.05) is 13.1 Å². The van der Waals surface area contributed by atoms with Gasteiger partial charge in [0.2, 0.25) is 0 Å². The van der Waals surface area contributed by atoms with Crippen molar-refractivity contribution in [1.82, 2.24) is 14.9 Å². The first-order valence-corrected chi connectivity index (χ1v) is 9.71. The molecule has 1 N–H and O–H groups in total. The third-order valence-corrected chi connectivity index (χ3v) is 5.52. The van der Waals surface area contributed by atoms with Crippen LogP contribution in [0.4, 0.5) is 13.2 Å². The van der Waals surface area contributed by atoms with Crippen molar-refractivity contribution < 1.29 is 18.0 Å². The average molecular weight is 424 g/mol. The van der Waals surface area contributed by atoms with Gasteiger partial charge in [-0.1, -0.05) is 12.1 Å². The number of nitrogens with zero attached hydrogens (tertiary/aromatic N) is 3. The van der Waals surface area contributed by atoms with Crippen molar-refractivity contribution in [3.8, 4) is 17.3 Å². The molecule has 1 aliphatic heterocycles. The summed E-state index contributed by atoms with van der Waals surface area (Å²) >= 11 is 0. The number of halogens is 3. The highest BCUT2D eigenvalue weighted by molar-refractivity contribution is 5.96. The van der Waals surface area contributed by atoms with Crippen LogP contribution < -0.4 is 0 Å². The molecule has 158 valence electrons. The molecule has 2 aromatic carbocycles. The number of H-pyrrole nitrogens is 1. The van der Waals surface area contributed by atoms with Gasteiger partial charge in [-0.3, -0.25) is 4.79 Å². The van der Waals surface area contributed by atoms with Crippen LogP contribution in [-0.4, -0.2) is 33.9 Å². The Morgan fingerprint density at radius 1 is 1.16 bits per heavy atom. The second-order valence-electron chi connectivity index (χ2n) is 7.68. The Balaban J connectivity index is 1.58. The Kier molecular flexibility index (Phi) is 5.05. The number of aromatic nitrogens is 2. The fourth-order valence-corrected chi connectivity index (χ4v) is 3.87. The molecule has 0 unspecified atom stereocenters. The lowest BCUT2D eigenvalue weighted by molar-refractivity contribution is -0.137. The number of hydrogen-bond donors (Lipinski definition) is 1. The van der Waals surface area contributed by atoms with Gasteiger partial charge < -0.3 is 9.88 Å². The number of nitrogens with one attached hydrogen (secondary N) is 1. The van der Waals surface area contributed by atoms with E-state index in [0.29, 0.717) is 30.2 Å². The van der Waals surface area contributed by atoms with Gasteiger partial charge in [0.25, 0.3) is 5.91 Å². The quantitative estimate of drug-likeness (QED) is 0.655. The van der Waals surface area contributed by atoms with Crippen LogP contribution in [0.2, 0.25) is 0 Å². The molecule has 0 spiro atoms. The molecule has 0 atom stereocenters. The Bertz CT molecular complexity index is 1180. The normalized spacial score (nSPS) is 14.3. The molecule has 2 heterocycles. The van der Waals surface area contributed by atoms with E-state index in [4.69, 9.17) is 5.26 Å². The highest BCUT2D eigenvalue weighted by Gasteiger charge is 2.36. The third kappa shape index (κ3) is 3.91. The Morgan fingerprint density at radius 2 is 1.84 bits per heavy atom. The zero-order chi connectivity index (χ0) is 22.3. The molecule has 0 saturated carbocycles. The summed E-state index contributed by atoms with van der Waals surface area (Å²) in [6.07, 6.45) is -4.56. The zero-order valence-electron chi connectivity index (χ0n) is 16.9. The molecule has 31 heavy (non-hydrogen) atoms. The summed E-state index contributed by atoms with van der Waals surface area (Å²) in [4.78, 5) is 21.6. The number of aromatic amines is 1. The Labute approximate surface area is 177 Å². The van der Waals surface area contributed by atoms with E-state index in [1.807, 2.05) is 12.1 Å². The number of amides is 1. The topological polar surface area (TPSA) is 72.8 Å². The largest absolute Gasteiger partial charge is 0.417 e. The Morgan fingerprint density at radius 3 is 2.39 bits per heavy atom. The predicted molar refractivity (Wildman–Crippen MR) is 108 cm³/mol. The van der Waals surface area contributed by atoms with Crippen molar-refractivity contribution in [3.05, 3.63) is 76.2 Å². The zero-order valence-corrected chi connectivity index (χ0v) is 16.9. The fourth-order valence-electron chi connectivity index (χ4n) is 3.87. The lowest BCUT2D eigenvalue weighted by Crippen LogP contribution is -2.48. The minimum absolute atomic E-state index is 0.0828. The van der Waals surface area contributed by atoms with Gasteiger partial charge in [-0.15, -0.1) is 0 Å². The van der Waals surface area contributed by atoms with Crippen molar-refractivity contribution in [2.24, 2.45) is 0 Å². The molecule has 4 rings (SSSR count). The van der Waals surface area contributed by atoms with Gasteiger partial charge in [0, 0.05) is 30.1 Å². The first kappa shape index (κ1) is 20.7. The standard InChI is InChI=1S/C23H19F3N4O/c1-13-21(29-14(2)28-13)19-9-17(7-8-20(19)23(24,25)26)22(31)30-11-18(12-30)16-5-3-15(10-27)4-6-16/h3-9,18H,11-12H2,1-2H3,(H,28,29). The summed E-state index contributed by atoms with van der Waals surface area (Å²) in [6, 6.07) is 12.7. The molecular weight excluding hydrogens is 405 g/mol. The molecule has 1 aromatic heterocycles. The lowest BCUT2D eigenvalue weighted by Gasteiger charge is -2.39. The van der Waals surface area contributed by atoms with Crippen LogP contribution in [0.15, 0.2) is 42.5 Å². The summed E-state index contributed by atoms with van der Waals surface area (Å²) in [7, 11) is 0. The number of imidazole rings is 1. The van der Waals surface area contributed by atoms with Gasteiger partial charge in [0.15, 0.2) is 0 Å². The molecule has 0 aliphatic carbocycles. The minimum atomic E-state index is -4.56. The van der Waals surface area contributed by atoms with E-state index in [0.717, 1.165) is 11.6 Å². The van der Waals surface area contributed by atoms with Crippen molar-refractivity contribution >= 4 is 5.91 Å². The van der Waals surface area contributed by atoms with Crippen LogP contribution in [0, 0.1) is 25.2 Å². The second kappa shape index (κ2) is 7.58. The van der Waals surface area contributed by atoms with E-state index in [1.54, 1.807) is 30.9 Å². The predicted octanol–water partition coefficient (Wildman–Crippen LogP) is 4.82. The summed E-state index contributed by atoms with van der Waals surface area (Å²) in [6.45, 7) is 4.25. The van der Waals surface area contributed by atoms with Gasteiger partial charge in [0.1, 0.15) is 5.82 Å². The van der Waals surface area contributed by atoms with Crippen molar-refractivity contribution in [1.29, 1.82) is 5.26 Å². The molecule has 0 bridgehead atoms. The molecule has 5 nitrogen and oxygen atoms in total. The number of nitriles is 1. The number of hydrogen-bond acceptors (Lipinski definition) is 3. The van der Waals surface area contributed by atoms with Gasteiger partial charge in [-0.05, 0) is 49.7 Å². The van der Waals surface area contributed by atoms with Gasteiger partial charge in [-0.25, -0.2) is 4.98 Å². The number of alkyl halides is 3. The molecule has 1 aliphatic rings. The van der Waals surface area contributed by atoms with E-state index in [-0.39, 0.29) is 28.6 Å². The number of aryl methyl sites for hydroxylation is 2. The van der Waals surface area contributed by atoms with Crippen LogP contribution >= 0.6 is 0 Å². The average Bonchev–Trinajstić information content (AvgIpc) is 3.04. The van der Waals surface area contributed by atoms with Gasteiger partial charge >= 0.3 is 6.18 Å². The van der Waals surface area contributed by atoms with Crippen LogP contribution in [0.25, 0.3) is 11.3 Å². The molecule has 0 radical (unpaired) electrons. The SMILES string of the molecule is Cc1nc(C)c(-c2cc(C(=O)N3CC(c4ccc(C#N)cc4)C3)ccc2C(F)(F)F)[nH]1. The summed E-state index contributed by atoms with van der Waals surface area (Å²) in [5.41, 5.74) is 1.61. The van der Waals surface area contributed by atoms with E-state index in [9.17, 15) is 18.0 Å². The summed E-state index contributed by atoms with van der Waals surface area (Å²) in [5.74, 6) is 0.335. The number of carbonyl (C=O) groups is 1. The molecule has 1 fully saturated rings. The first-order chi connectivity index (χ1) is 14.7. The Hall–Kier alpha value is -3.60. The second-order valence-corrected chi connectivity index (χ2v) is 7.68. The smallest absolute Gasteiger partial charge is 0.342 e. The van der Waals surface area contributed by atoms with Gasteiger partial charge in [-0.2, -0.15) is 18.4 Å². The van der Waals surface area contributed by atoms with Crippen LogP contribution in [0.1, 0.15) is 44.5 Å². The maximum atomic E-state index is 13.6. The van der Waals surface area contributed by atoms with Crippen molar-refractivity contribution in [2.45, 2.75) is 25.9 Å². The van der Waals surface area contributed by atoms with E-state index < -0.39 is 11.7 Å². The van der Waals surface area contributed by atoms with Crippen LogP contribution in [0.3, 0.4) is 0 Å². The highest BCUT2D eigenvalue weighted by atomic mass is 19.4. The van der Waals surface area contributed by atoms with Crippen molar-refractivity contribution in [3.63, 3.8) is 0 Å². The van der Waals surface area contributed by atoms with Gasteiger partial charge in [0.05, 0.1) is 28.6 Å². The minimum Gasteiger partial charge on any atom is -0.342 e. The van der Waals surface area contributed by atoms with E-state index >= 15 is 0 Å². The summed E-state index contributed by atoms with van der Waals surface area (Å²) in [5, 5.41) is 8.89. The van der Waals surface area contributed by atoms with E-state index in [2.05, 4.69) is 16.0 Å². The molecular formula is C23H19F3N4O. The number of benzene rings is 2. The number of carbonyl (C=O) groups excluding carboxylic acids is 1. The van der Waals surface area contributed by atoms with E-state index in [1.165, 1.54) is 12.1 Å². The van der Waals surface area contributed by atoms with Crippen LogP contribution in [0.5, 0.6) is 0 Å². The number of rotatable bonds is 3. The maximum Gasteiger partial charge on any atom is 0.417 e. The summed E-state index contributed by atoms with van der Waals surface area (Å²) < 4.78 is 40.8. The third-order valence-electron chi connectivity index (χ3n) is 5.52. The maximum absolute atomic E-state index is 13.6.